The van der Waals surface area contributed by atoms with E-state index in [-0.39, 0.29) is 5.91 Å². The molecule has 0 atom stereocenters. The third-order valence-corrected chi connectivity index (χ3v) is 4.12. The first-order chi connectivity index (χ1) is 8.10. The number of nitrogens with two attached hydrogens (primary N) is 1. The van der Waals surface area contributed by atoms with Gasteiger partial charge in [0.25, 0.3) is 0 Å². The highest BCUT2D eigenvalue weighted by Crippen LogP contribution is 2.26. The summed E-state index contributed by atoms with van der Waals surface area (Å²) in [5.74, 6) is -0.0251. The van der Waals surface area contributed by atoms with E-state index in [1.807, 2.05) is 12.3 Å². The van der Waals surface area contributed by atoms with Crippen LogP contribution in [0.25, 0.3) is 0 Å². The second-order valence-electron chi connectivity index (χ2n) is 4.76. The third-order valence-electron chi connectivity index (χ3n) is 3.29. The van der Waals surface area contributed by atoms with Crippen LogP contribution in [0.3, 0.4) is 0 Å². The Hall–Kier alpha value is -0.940. The summed E-state index contributed by atoms with van der Waals surface area (Å²) in [5, 5.41) is 5.90. The van der Waals surface area contributed by atoms with E-state index in [0.717, 1.165) is 36.4 Å². The molecule has 2 rings (SSSR count). The fraction of sp³-hybridized carbons (Fsp3) is 0.667. The lowest BCUT2D eigenvalue weighted by Gasteiger charge is -2.31. The molecule has 1 amide bonds. The lowest BCUT2D eigenvalue weighted by molar-refractivity contribution is -0.127. The standard InChI is InChI=1S/C12H19N3OS/c1-9-15-10(8-17-9)7-14-11(16)12(13)5-3-2-4-6-12/h8H,2-7,13H2,1H3,(H,14,16). The number of carbonyl (C=O) groups is 1. The Morgan fingerprint density at radius 1 is 1.53 bits per heavy atom. The zero-order valence-corrected chi connectivity index (χ0v) is 11.0. The number of aryl methyl sites for hydroxylation is 1. The number of hydrogen-bond donors (Lipinski definition) is 2. The highest BCUT2D eigenvalue weighted by Gasteiger charge is 2.34. The highest BCUT2D eigenvalue weighted by atomic mass is 32.1. The Labute approximate surface area is 106 Å². The number of carbonyl (C=O) groups excluding carboxylic acids is 1. The predicted molar refractivity (Wildman–Crippen MR) is 68.7 cm³/mol. The van der Waals surface area contributed by atoms with Gasteiger partial charge in [-0.25, -0.2) is 4.98 Å². The Kier molecular flexibility index (Phi) is 3.79. The van der Waals surface area contributed by atoms with E-state index in [9.17, 15) is 4.79 Å². The van der Waals surface area contributed by atoms with Crippen molar-refractivity contribution in [3.8, 4) is 0 Å². The van der Waals surface area contributed by atoms with Gasteiger partial charge in [0.05, 0.1) is 22.8 Å². The quantitative estimate of drug-likeness (QED) is 0.862. The van der Waals surface area contributed by atoms with E-state index in [4.69, 9.17) is 5.73 Å². The fourth-order valence-electron chi connectivity index (χ4n) is 2.25. The predicted octanol–water partition coefficient (Wildman–Crippen LogP) is 1.73. The van der Waals surface area contributed by atoms with Crippen molar-refractivity contribution in [2.75, 3.05) is 0 Å². The molecule has 17 heavy (non-hydrogen) atoms. The van der Waals surface area contributed by atoms with Gasteiger partial charge in [0.2, 0.25) is 5.91 Å². The zero-order valence-electron chi connectivity index (χ0n) is 10.2. The molecular weight excluding hydrogens is 234 g/mol. The number of hydrogen-bond acceptors (Lipinski definition) is 4. The summed E-state index contributed by atoms with van der Waals surface area (Å²) in [6.07, 6.45) is 4.90. The van der Waals surface area contributed by atoms with Gasteiger partial charge in [0.1, 0.15) is 0 Å². The molecule has 0 saturated heterocycles. The van der Waals surface area contributed by atoms with E-state index in [0.29, 0.717) is 6.54 Å². The average molecular weight is 253 g/mol. The lowest BCUT2D eigenvalue weighted by Crippen LogP contribution is -2.54. The van der Waals surface area contributed by atoms with Crippen LogP contribution in [0, 0.1) is 6.92 Å². The maximum Gasteiger partial charge on any atom is 0.240 e. The van der Waals surface area contributed by atoms with Crippen molar-refractivity contribution in [2.45, 2.75) is 51.1 Å². The second kappa shape index (κ2) is 5.14. The molecule has 5 heteroatoms. The van der Waals surface area contributed by atoms with Crippen LogP contribution in [-0.4, -0.2) is 16.4 Å². The molecule has 0 aromatic carbocycles. The molecule has 0 aliphatic heterocycles. The highest BCUT2D eigenvalue weighted by molar-refractivity contribution is 7.09. The van der Waals surface area contributed by atoms with Crippen LogP contribution < -0.4 is 11.1 Å². The molecular formula is C12H19N3OS. The minimum absolute atomic E-state index is 0.0251. The Morgan fingerprint density at radius 2 is 2.24 bits per heavy atom. The fourth-order valence-corrected chi connectivity index (χ4v) is 2.86. The Balaban J connectivity index is 1.88. The summed E-state index contributed by atoms with van der Waals surface area (Å²) in [4.78, 5) is 16.4. The minimum atomic E-state index is -0.649. The normalized spacial score (nSPS) is 18.9. The monoisotopic (exact) mass is 253 g/mol. The summed E-state index contributed by atoms with van der Waals surface area (Å²) in [6.45, 7) is 2.45. The van der Waals surface area contributed by atoms with Crippen LogP contribution in [0.5, 0.6) is 0 Å². The number of amides is 1. The molecule has 4 nitrogen and oxygen atoms in total. The summed E-state index contributed by atoms with van der Waals surface area (Å²) in [6, 6.07) is 0. The maximum atomic E-state index is 12.0. The van der Waals surface area contributed by atoms with Crippen LogP contribution in [0.4, 0.5) is 0 Å². The van der Waals surface area contributed by atoms with E-state index < -0.39 is 5.54 Å². The number of nitrogens with one attached hydrogen (secondary N) is 1. The molecule has 1 heterocycles. The van der Waals surface area contributed by atoms with Crippen molar-refractivity contribution in [1.29, 1.82) is 0 Å². The van der Waals surface area contributed by atoms with Gasteiger partial charge in [0.15, 0.2) is 0 Å². The second-order valence-corrected chi connectivity index (χ2v) is 5.82. The van der Waals surface area contributed by atoms with Crippen LogP contribution in [0.2, 0.25) is 0 Å². The first-order valence-corrected chi connectivity index (χ1v) is 6.96. The number of rotatable bonds is 3. The Bertz CT molecular complexity index is 396. The first kappa shape index (κ1) is 12.5. The molecule has 0 spiro atoms. The van der Waals surface area contributed by atoms with Gasteiger partial charge >= 0.3 is 0 Å². The molecule has 94 valence electrons. The Morgan fingerprint density at radius 3 is 2.82 bits per heavy atom. The van der Waals surface area contributed by atoms with Crippen molar-refractivity contribution in [1.82, 2.24) is 10.3 Å². The van der Waals surface area contributed by atoms with Gasteiger partial charge in [0, 0.05) is 5.38 Å². The van der Waals surface area contributed by atoms with Crippen molar-refractivity contribution < 1.29 is 4.79 Å². The van der Waals surface area contributed by atoms with Gasteiger partial charge in [-0.1, -0.05) is 19.3 Å². The van der Waals surface area contributed by atoms with Crippen LogP contribution in [-0.2, 0) is 11.3 Å². The number of aromatic nitrogens is 1. The van der Waals surface area contributed by atoms with E-state index in [2.05, 4.69) is 10.3 Å². The van der Waals surface area contributed by atoms with Gasteiger partial charge < -0.3 is 11.1 Å². The van der Waals surface area contributed by atoms with Crippen molar-refractivity contribution >= 4 is 17.2 Å². The van der Waals surface area contributed by atoms with Gasteiger partial charge in [-0.05, 0) is 19.8 Å². The molecule has 0 radical (unpaired) electrons. The van der Waals surface area contributed by atoms with E-state index >= 15 is 0 Å². The van der Waals surface area contributed by atoms with E-state index in [1.165, 1.54) is 6.42 Å². The van der Waals surface area contributed by atoms with Gasteiger partial charge in [-0.15, -0.1) is 11.3 Å². The molecule has 1 saturated carbocycles. The maximum absolute atomic E-state index is 12.0. The van der Waals surface area contributed by atoms with Crippen molar-refractivity contribution in [3.05, 3.63) is 16.1 Å². The summed E-state index contributed by atoms with van der Waals surface area (Å²) < 4.78 is 0. The molecule has 0 unspecified atom stereocenters. The van der Waals surface area contributed by atoms with Crippen molar-refractivity contribution in [3.63, 3.8) is 0 Å². The SMILES string of the molecule is Cc1nc(CNC(=O)C2(N)CCCCC2)cs1. The lowest BCUT2D eigenvalue weighted by atomic mass is 9.82. The first-order valence-electron chi connectivity index (χ1n) is 6.08. The summed E-state index contributed by atoms with van der Waals surface area (Å²) >= 11 is 1.60. The topological polar surface area (TPSA) is 68.0 Å². The molecule has 1 aliphatic carbocycles. The molecule has 1 aromatic heterocycles. The van der Waals surface area contributed by atoms with Gasteiger partial charge in [-0.3, -0.25) is 4.79 Å². The third kappa shape index (κ3) is 3.04. The summed E-state index contributed by atoms with van der Waals surface area (Å²) in [7, 11) is 0. The van der Waals surface area contributed by atoms with Crippen LogP contribution in [0.15, 0.2) is 5.38 Å². The molecule has 1 aliphatic rings. The summed E-state index contributed by atoms with van der Waals surface area (Å²) in [5.41, 5.74) is 6.41. The molecule has 3 N–H and O–H groups in total. The van der Waals surface area contributed by atoms with Crippen LogP contribution in [0.1, 0.15) is 42.8 Å². The number of nitrogens with zero attached hydrogens (tertiary/aromatic N) is 1. The largest absolute Gasteiger partial charge is 0.349 e. The van der Waals surface area contributed by atoms with Crippen molar-refractivity contribution in [2.24, 2.45) is 5.73 Å². The number of thiazole rings is 1. The average Bonchev–Trinajstić information content (AvgIpc) is 2.73. The molecule has 1 aromatic rings. The minimum Gasteiger partial charge on any atom is -0.349 e. The zero-order chi connectivity index (χ0) is 12.3. The smallest absolute Gasteiger partial charge is 0.240 e. The molecule has 1 fully saturated rings. The molecule has 0 bridgehead atoms. The van der Waals surface area contributed by atoms with Gasteiger partial charge in [-0.2, -0.15) is 0 Å². The van der Waals surface area contributed by atoms with E-state index in [1.54, 1.807) is 11.3 Å². The van der Waals surface area contributed by atoms with Crippen LogP contribution >= 0.6 is 11.3 Å².